The lowest BCUT2D eigenvalue weighted by atomic mass is 10.0. The molecule has 0 saturated carbocycles. The summed E-state index contributed by atoms with van der Waals surface area (Å²) in [4.78, 5) is 14.1. The number of benzene rings is 1. The van der Waals surface area contributed by atoms with Gasteiger partial charge in [0, 0.05) is 11.3 Å². The minimum atomic E-state index is -0.277. The van der Waals surface area contributed by atoms with Gasteiger partial charge in [0.15, 0.2) is 0 Å². The van der Waals surface area contributed by atoms with E-state index in [0.717, 1.165) is 11.3 Å². The Morgan fingerprint density at radius 2 is 2.10 bits per heavy atom. The Balaban J connectivity index is 2.59. The summed E-state index contributed by atoms with van der Waals surface area (Å²) in [5.41, 5.74) is 9.54. The second kappa shape index (κ2) is 8.82. The summed E-state index contributed by atoms with van der Waals surface area (Å²) in [6.07, 6.45) is 1.56. The number of hydrogen-bond donors (Lipinski definition) is 0. The van der Waals surface area contributed by atoms with Crippen LogP contribution in [0.15, 0.2) is 29.4 Å². The summed E-state index contributed by atoms with van der Waals surface area (Å²) in [5, 5.41) is 3.78. The molecule has 1 unspecified atom stereocenters. The van der Waals surface area contributed by atoms with E-state index in [2.05, 4.69) is 10.0 Å². The maximum absolute atomic E-state index is 11.3. The zero-order valence-electron chi connectivity index (χ0n) is 11.8. The van der Waals surface area contributed by atoms with Crippen LogP contribution in [0.5, 0.6) is 5.75 Å². The molecule has 0 spiro atoms. The topological polar surface area (TPSA) is 84.3 Å². The average molecular weight is 277 g/mol. The van der Waals surface area contributed by atoms with Crippen molar-refractivity contribution < 1.29 is 14.3 Å². The molecule has 0 saturated heterocycles. The van der Waals surface area contributed by atoms with Gasteiger partial charge in [-0.3, -0.25) is 4.79 Å². The van der Waals surface area contributed by atoms with E-state index in [4.69, 9.17) is 15.0 Å². The minimum Gasteiger partial charge on any atom is -0.497 e. The van der Waals surface area contributed by atoms with Crippen LogP contribution in [0.2, 0.25) is 0 Å². The fourth-order valence-electron chi connectivity index (χ4n) is 1.85. The molecule has 108 valence electrons. The van der Waals surface area contributed by atoms with Gasteiger partial charge in [-0.15, -0.1) is 0 Å². The first-order chi connectivity index (χ1) is 9.71. The molecule has 0 N–H and O–H groups in total. The molecule has 1 aromatic rings. The number of ether oxygens (including phenoxy) is 2. The van der Waals surface area contributed by atoms with Crippen molar-refractivity contribution >= 4 is 5.97 Å². The number of azide groups is 1. The molecule has 1 aromatic carbocycles. The lowest BCUT2D eigenvalue weighted by molar-refractivity contribution is -0.143. The Labute approximate surface area is 118 Å². The molecule has 0 radical (unpaired) electrons. The molecule has 20 heavy (non-hydrogen) atoms. The molecule has 6 heteroatoms. The molecule has 0 amide bonds. The number of esters is 1. The van der Waals surface area contributed by atoms with Crippen LogP contribution >= 0.6 is 0 Å². The molecule has 0 aliphatic carbocycles. The zero-order valence-corrected chi connectivity index (χ0v) is 11.8. The van der Waals surface area contributed by atoms with E-state index in [1.165, 1.54) is 0 Å². The normalized spacial score (nSPS) is 11.3. The summed E-state index contributed by atoms with van der Waals surface area (Å²) in [5.74, 6) is 0.530. The first-order valence-electron chi connectivity index (χ1n) is 6.55. The second-order valence-electron chi connectivity index (χ2n) is 4.19. The molecule has 0 aliphatic heterocycles. The first kappa shape index (κ1) is 15.9. The predicted octanol–water partition coefficient (Wildman–Crippen LogP) is 3.78. The fourth-order valence-corrected chi connectivity index (χ4v) is 1.85. The molecule has 1 atom stereocenters. The van der Waals surface area contributed by atoms with Crippen molar-refractivity contribution in [2.45, 2.75) is 32.2 Å². The Hall–Kier alpha value is -2.20. The molecule has 0 bridgehead atoms. The second-order valence-corrected chi connectivity index (χ2v) is 4.19. The number of hydrogen-bond acceptors (Lipinski definition) is 4. The van der Waals surface area contributed by atoms with Gasteiger partial charge in [0.2, 0.25) is 0 Å². The van der Waals surface area contributed by atoms with Crippen LogP contribution in [0.3, 0.4) is 0 Å². The fraction of sp³-hybridized carbons (Fsp3) is 0.500. The van der Waals surface area contributed by atoms with Crippen LogP contribution in [-0.4, -0.2) is 19.7 Å². The molecule has 0 aromatic heterocycles. The van der Waals surface area contributed by atoms with Gasteiger partial charge in [-0.1, -0.05) is 17.2 Å². The maximum atomic E-state index is 11.3. The van der Waals surface area contributed by atoms with E-state index < -0.39 is 0 Å². The number of methoxy groups -OCH3 is 1. The molecular weight excluding hydrogens is 258 g/mol. The highest BCUT2D eigenvalue weighted by atomic mass is 16.5. The Morgan fingerprint density at radius 1 is 1.40 bits per heavy atom. The SMILES string of the molecule is CCOC(=O)CCCC(N=[N+]=[N-])c1ccc(OC)cc1. The molecule has 6 nitrogen and oxygen atoms in total. The Morgan fingerprint density at radius 3 is 2.65 bits per heavy atom. The molecule has 0 aliphatic rings. The monoisotopic (exact) mass is 277 g/mol. The van der Waals surface area contributed by atoms with Gasteiger partial charge in [-0.25, -0.2) is 0 Å². The Bertz CT molecular complexity index is 467. The van der Waals surface area contributed by atoms with Crippen molar-refractivity contribution in [2.75, 3.05) is 13.7 Å². The quantitative estimate of drug-likeness (QED) is 0.313. The highest BCUT2D eigenvalue weighted by molar-refractivity contribution is 5.69. The minimum absolute atomic E-state index is 0.220. The van der Waals surface area contributed by atoms with Crippen molar-refractivity contribution in [3.05, 3.63) is 40.3 Å². The predicted molar refractivity (Wildman–Crippen MR) is 75.4 cm³/mol. The molecule has 0 heterocycles. The lowest BCUT2D eigenvalue weighted by Gasteiger charge is -2.11. The summed E-state index contributed by atoms with van der Waals surface area (Å²) in [7, 11) is 1.60. The van der Waals surface area contributed by atoms with E-state index >= 15 is 0 Å². The van der Waals surface area contributed by atoms with Crippen LogP contribution in [0.4, 0.5) is 0 Å². The van der Waals surface area contributed by atoms with Crippen molar-refractivity contribution in [3.63, 3.8) is 0 Å². The van der Waals surface area contributed by atoms with E-state index in [-0.39, 0.29) is 12.0 Å². The van der Waals surface area contributed by atoms with Gasteiger partial charge >= 0.3 is 5.97 Å². The van der Waals surface area contributed by atoms with Crippen LogP contribution in [0.25, 0.3) is 10.4 Å². The van der Waals surface area contributed by atoms with Crippen molar-refractivity contribution in [1.29, 1.82) is 0 Å². The maximum Gasteiger partial charge on any atom is 0.305 e. The average Bonchev–Trinajstić information content (AvgIpc) is 2.47. The van der Waals surface area contributed by atoms with E-state index in [9.17, 15) is 4.79 Å². The third-order valence-electron chi connectivity index (χ3n) is 2.86. The molecule has 0 fully saturated rings. The van der Waals surface area contributed by atoms with Gasteiger partial charge in [0.25, 0.3) is 0 Å². The summed E-state index contributed by atoms with van der Waals surface area (Å²) in [6.45, 7) is 2.16. The third-order valence-corrected chi connectivity index (χ3v) is 2.86. The summed E-state index contributed by atoms with van der Waals surface area (Å²) >= 11 is 0. The van der Waals surface area contributed by atoms with Crippen molar-refractivity contribution in [1.82, 2.24) is 0 Å². The van der Waals surface area contributed by atoms with E-state index in [1.807, 2.05) is 24.3 Å². The molecule has 1 rings (SSSR count). The smallest absolute Gasteiger partial charge is 0.305 e. The van der Waals surface area contributed by atoms with Crippen LogP contribution in [-0.2, 0) is 9.53 Å². The number of carbonyl (C=O) groups is 1. The number of carbonyl (C=O) groups excluding carboxylic acids is 1. The first-order valence-corrected chi connectivity index (χ1v) is 6.55. The summed E-state index contributed by atoms with van der Waals surface area (Å²) in [6, 6.07) is 7.09. The summed E-state index contributed by atoms with van der Waals surface area (Å²) < 4.78 is 9.94. The molecular formula is C14H19N3O3. The van der Waals surface area contributed by atoms with Crippen molar-refractivity contribution in [3.8, 4) is 5.75 Å². The zero-order chi connectivity index (χ0) is 14.8. The Kier molecular flexibility index (Phi) is 7.00. The van der Waals surface area contributed by atoms with Gasteiger partial charge in [-0.05, 0) is 43.0 Å². The lowest BCUT2D eigenvalue weighted by Crippen LogP contribution is -2.04. The van der Waals surface area contributed by atoms with E-state index in [0.29, 0.717) is 25.9 Å². The number of rotatable bonds is 8. The van der Waals surface area contributed by atoms with Gasteiger partial charge < -0.3 is 9.47 Å². The third kappa shape index (κ3) is 5.20. The van der Waals surface area contributed by atoms with Gasteiger partial charge in [-0.2, -0.15) is 0 Å². The number of nitrogens with zero attached hydrogens (tertiary/aromatic N) is 3. The van der Waals surface area contributed by atoms with Gasteiger partial charge in [0.05, 0.1) is 19.8 Å². The highest BCUT2D eigenvalue weighted by Crippen LogP contribution is 2.25. The van der Waals surface area contributed by atoms with Gasteiger partial charge in [0.1, 0.15) is 5.75 Å². The van der Waals surface area contributed by atoms with Crippen LogP contribution in [0, 0.1) is 0 Å². The van der Waals surface area contributed by atoms with Crippen LogP contribution < -0.4 is 4.74 Å². The van der Waals surface area contributed by atoms with Crippen molar-refractivity contribution in [2.24, 2.45) is 5.11 Å². The van der Waals surface area contributed by atoms with Crippen LogP contribution in [0.1, 0.15) is 37.8 Å². The standard InChI is InChI=1S/C14H19N3O3/c1-3-20-14(18)6-4-5-13(16-17-15)11-7-9-12(19-2)10-8-11/h7-10,13H,3-6H2,1-2H3. The largest absolute Gasteiger partial charge is 0.497 e. The highest BCUT2D eigenvalue weighted by Gasteiger charge is 2.11. The van der Waals surface area contributed by atoms with E-state index in [1.54, 1.807) is 14.0 Å².